The van der Waals surface area contributed by atoms with Crippen molar-refractivity contribution in [2.24, 2.45) is 0 Å². The average Bonchev–Trinajstić information content (AvgIpc) is 2.48. The fourth-order valence-corrected chi connectivity index (χ4v) is 2.88. The van der Waals surface area contributed by atoms with Crippen molar-refractivity contribution in [3.8, 4) is 0 Å². The van der Waals surface area contributed by atoms with Crippen LogP contribution >= 0.6 is 0 Å². The van der Waals surface area contributed by atoms with Gasteiger partial charge in [0.05, 0.1) is 17.6 Å². The Balaban J connectivity index is 2.01. The van der Waals surface area contributed by atoms with Crippen LogP contribution in [0.25, 0.3) is 10.8 Å². The van der Waals surface area contributed by atoms with Gasteiger partial charge in [-0.3, -0.25) is 4.79 Å². The van der Waals surface area contributed by atoms with Crippen molar-refractivity contribution >= 4 is 10.8 Å². The number of hydrogen-bond acceptors (Lipinski definition) is 3. The molecule has 2 atom stereocenters. The number of benzene rings is 1. The number of rotatable bonds is 2. The molecule has 2 aromatic rings. The summed E-state index contributed by atoms with van der Waals surface area (Å²) in [7, 11) is 0. The van der Waals surface area contributed by atoms with E-state index in [4.69, 9.17) is 0 Å². The second kappa shape index (κ2) is 5.13. The predicted molar refractivity (Wildman–Crippen MR) is 76.4 cm³/mol. The molecule has 1 aliphatic rings. The number of aromatic nitrogens is 2. The number of hydrogen-bond donors (Lipinski definition) is 1. The van der Waals surface area contributed by atoms with Gasteiger partial charge in [-0.2, -0.15) is 5.10 Å². The zero-order valence-corrected chi connectivity index (χ0v) is 11.2. The number of piperidine rings is 1. The van der Waals surface area contributed by atoms with Crippen molar-refractivity contribution in [1.29, 1.82) is 0 Å². The molecule has 0 radical (unpaired) electrons. The van der Waals surface area contributed by atoms with Crippen LogP contribution in [-0.4, -0.2) is 22.4 Å². The molecule has 1 aromatic carbocycles. The first kappa shape index (κ1) is 12.4. The molecule has 1 aliphatic heterocycles. The van der Waals surface area contributed by atoms with Gasteiger partial charge in [0.15, 0.2) is 0 Å². The molecule has 0 aliphatic carbocycles. The molecule has 1 fully saturated rings. The van der Waals surface area contributed by atoms with Crippen LogP contribution in [-0.2, 0) is 0 Å². The Morgan fingerprint density at radius 2 is 2.26 bits per heavy atom. The summed E-state index contributed by atoms with van der Waals surface area (Å²) in [6, 6.07) is 8.39. The summed E-state index contributed by atoms with van der Waals surface area (Å²) in [4.78, 5) is 12.5. The molecule has 1 aromatic heterocycles. The van der Waals surface area contributed by atoms with E-state index in [0.717, 1.165) is 36.6 Å². The van der Waals surface area contributed by atoms with Crippen molar-refractivity contribution in [2.45, 2.75) is 38.3 Å². The van der Waals surface area contributed by atoms with E-state index in [1.54, 1.807) is 10.9 Å². The molecule has 1 N–H and O–H groups in total. The molecule has 3 rings (SSSR count). The lowest BCUT2D eigenvalue weighted by molar-refractivity contribution is 0.273. The SMILES string of the molecule is CC[C@@H]1C[C@H](n2ncc3ccccc3c2=O)CCN1. The van der Waals surface area contributed by atoms with E-state index in [1.807, 2.05) is 24.3 Å². The van der Waals surface area contributed by atoms with Crippen molar-refractivity contribution in [1.82, 2.24) is 15.1 Å². The molecule has 0 amide bonds. The van der Waals surface area contributed by atoms with Crippen LogP contribution in [0.3, 0.4) is 0 Å². The van der Waals surface area contributed by atoms with Crippen LogP contribution in [0.4, 0.5) is 0 Å². The number of nitrogens with zero attached hydrogens (tertiary/aromatic N) is 2. The monoisotopic (exact) mass is 257 g/mol. The predicted octanol–water partition coefficient (Wildman–Crippen LogP) is 2.10. The summed E-state index contributed by atoms with van der Waals surface area (Å²) >= 11 is 0. The fourth-order valence-electron chi connectivity index (χ4n) is 2.88. The summed E-state index contributed by atoms with van der Waals surface area (Å²) in [6.45, 7) is 3.14. The van der Waals surface area contributed by atoms with E-state index in [2.05, 4.69) is 17.3 Å². The van der Waals surface area contributed by atoms with Crippen LogP contribution in [0.2, 0.25) is 0 Å². The van der Waals surface area contributed by atoms with Gasteiger partial charge in [-0.05, 0) is 31.9 Å². The first-order valence-corrected chi connectivity index (χ1v) is 6.99. The van der Waals surface area contributed by atoms with Crippen LogP contribution in [0.15, 0.2) is 35.3 Å². The maximum atomic E-state index is 12.5. The lowest BCUT2D eigenvalue weighted by atomic mass is 9.98. The van der Waals surface area contributed by atoms with E-state index < -0.39 is 0 Å². The van der Waals surface area contributed by atoms with Gasteiger partial charge in [-0.25, -0.2) is 4.68 Å². The van der Waals surface area contributed by atoms with Crippen molar-refractivity contribution in [3.05, 3.63) is 40.8 Å². The Kier molecular flexibility index (Phi) is 3.34. The standard InChI is InChI=1S/C15H19N3O/c1-2-12-9-13(7-8-16-12)18-15(19)14-6-4-3-5-11(14)10-17-18/h3-6,10,12-13,16H,2,7-9H2,1H3/t12-,13-/m1/s1. The normalized spacial score (nSPS) is 23.6. The maximum Gasteiger partial charge on any atom is 0.274 e. The van der Waals surface area contributed by atoms with Gasteiger partial charge in [0.1, 0.15) is 0 Å². The zero-order chi connectivity index (χ0) is 13.2. The van der Waals surface area contributed by atoms with Gasteiger partial charge in [0, 0.05) is 11.4 Å². The van der Waals surface area contributed by atoms with Crippen molar-refractivity contribution in [3.63, 3.8) is 0 Å². The van der Waals surface area contributed by atoms with E-state index in [1.165, 1.54) is 0 Å². The smallest absolute Gasteiger partial charge is 0.274 e. The summed E-state index contributed by atoms with van der Waals surface area (Å²) in [5.41, 5.74) is 0.0415. The summed E-state index contributed by atoms with van der Waals surface area (Å²) in [5, 5.41) is 9.55. The van der Waals surface area contributed by atoms with Crippen LogP contribution in [0, 0.1) is 0 Å². The quantitative estimate of drug-likeness (QED) is 0.896. The average molecular weight is 257 g/mol. The highest BCUT2D eigenvalue weighted by Crippen LogP contribution is 2.21. The van der Waals surface area contributed by atoms with Gasteiger partial charge < -0.3 is 5.32 Å². The number of fused-ring (bicyclic) bond motifs is 1. The summed E-state index contributed by atoms with van der Waals surface area (Å²) in [5.74, 6) is 0. The third-order valence-corrected chi connectivity index (χ3v) is 4.03. The van der Waals surface area contributed by atoms with Gasteiger partial charge in [-0.1, -0.05) is 25.1 Å². The molecule has 0 spiro atoms. The van der Waals surface area contributed by atoms with E-state index in [-0.39, 0.29) is 11.6 Å². The van der Waals surface area contributed by atoms with E-state index in [0.29, 0.717) is 6.04 Å². The molecule has 19 heavy (non-hydrogen) atoms. The third-order valence-electron chi connectivity index (χ3n) is 4.03. The molecule has 100 valence electrons. The lowest BCUT2D eigenvalue weighted by Crippen LogP contribution is -2.41. The highest BCUT2D eigenvalue weighted by Gasteiger charge is 2.23. The van der Waals surface area contributed by atoms with Crippen LogP contribution < -0.4 is 10.9 Å². The van der Waals surface area contributed by atoms with Gasteiger partial charge >= 0.3 is 0 Å². The van der Waals surface area contributed by atoms with E-state index in [9.17, 15) is 4.79 Å². The highest BCUT2D eigenvalue weighted by molar-refractivity contribution is 5.80. The van der Waals surface area contributed by atoms with Gasteiger partial charge in [0.25, 0.3) is 5.56 Å². The van der Waals surface area contributed by atoms with E-state index >= 15 is 0 Å². The highest BCUT2D eigenvalue weighted by atomic mass is 16.1. The lowest BCUT2D eigenvalue weighted by Gasteiger charge is -2.30. The molecular formula is C15H19N3O. The van der Waals surface area contributed by atoms with Gasteiger partial charge in [-0.15, -0.1) is 0 Å². The van der Waals surface area contributed by atoms with Crippen LogP contribution in [0.5, 0.6) is 0 Å². The number of nitrogens with one attached hydrogen (secondary N) is 1. The molecule has 4 nitrogen and oxygen atoms in total. The molecule has 0 saturated carbocycles. The molecule has 2 heterocycles. The Bertz CT molecular complexity index is 635. The molecule has 4 heteroatoms. The minimum atomic E-state index is 0.0415. The fraction of sp³-hybridized carbons (Fsp3) is 0.467. The van der Waals surface area contributed by atoms with Crippen molar-refractivity contribution < 1.29 is 0 Å². The second-order valence-electron chi connectivity index (χ2n) is 5.22. The molecule has 1 saturated heterocycles. The van der Waals surface area contributed by atoms with Gasteiger partial charge in [0.2, 0.25) is 0 Å². The summed E-state index contributed by atoms with van der Waals surface area (Å²) < 4.78 is 1.69. The zero-order valence-electron chi connectivity index (χ0n) is 11.2. The maximum absolute atomic E-state index is 12.5. The minimum Gasteiger partial charge on any atom is -0.314 e. The largest absolute Gasteiger partial charge is 0.314 e. The Labute approximate surface area is 112 Å². The summed E-state index contributed by atoms with van der Waals surface area (Å²) in [6.07, 6.45) is 4.86. The third kappa shape index (κ3) is 2.28. The minimum absolute atomic E-state index is 0.0415. The Morgan fingerprint density at radius 1 is 1.42 bits per heavy atom. The second-order valence-corrected chi connectivity index (χ2v) is 5.22. The molecule has 0 unspecified atom stereocenters. The Morgan fingerprint density at radius 3 is 3.11 bits per heavy atom. The first-order valence-electron chi connectivity index (χ1n) is 6.99. The molecular weight excluding hydrogens is 238 g/mol. The topological polar surface area (TPSA) is 46.9 Å². The van der Waals surface area contributed by atoms with Crippen molar-refractivity contribution in [2.75, 3.05) is 6.54 Å². The first-order chi connectivity index (χ1) is 9.29. The Hall–Kier alpha value is -1.68. The molecule has 0 bridgehead atoms. The van der Waals surface area contributed by atoms with Crippen LogP contribution in [0.1, 0.15) is 32.2 Å².